The van der Waals surface area contributed by atoms with Gasteiger partial charge in [-0.1, -0.05) is 0 Å². The second kappa shape index (κ2) is 5.98. The van der Waals surface area contributed by atoms with Gasteiger partial charge in [0.15, 0.2) is 0 Å². The largest absolute Gasteiger partial charge is 0.304 e. The van der Waals surface area contributed by atoms with Crippen LogP contribution < -0.4 is 5.43 Å². The van der Waals surface area contributed by atoms with E-state index in [1.807, 2.05) is 35.5 Å². The van der Waals surface area contributed by atoms with Crippen LogP contribution >= 0.6 is 15.9 Å². The summed E-state index contributed by atoms with van der Waals surface area (Å²) < 4.78 is 2.80. The summed E-state index contributed by atoms with van der Waals surface area (Å²) in [6.07, 6.45) is 1.89. The summed E-state index contributed by atoms with van der Waals surface area (Å²) >= 11 is 3.48. The van der Waals surface area contributed by atoms with Gasteiger partial charge in [0.2, 0.25) is 0 Å². The molecule has 2 aromatic heterocycles. The number of fused-ring (bicyclic) bond motifs is 1. The molecule has 0 spiro atoms. The van der Waals surface area contributed by atoms with Gasteiger partial charge < -0.3 is 4.90 Å². The van der Waals surface area contributed by atoms with E-state index in [4.69, 9.17) is 0 Å². The summed E-state index contributed by atoms with van der Waals surface area (Å²) in [5.41, 5.74) is 6.21. The lowest BCUT2D eigenvalue weighted by atomic mass is 10.3. The van der Waals surface area contributed by atoms with Gasteiger partial charge in [-0.3, -0.25) is 14.6 Å². The van der Waals surface area contributed by atoms with Crippen LogP contribution in [0.5, 0.6) is 0 Å². The van der Waals surface area contributed by atoms with Crippen LogP contribution in [-0.4, -0.2) is 58.4 Å². The van der Waals surface area contributed by atoms with Gasteiger partial charge >= 0.3 is 0 Å². The minimum absolute atomic E-state index is 0.105. The second-order valence-corrected chi connectivity index (χ2v) is 6.73. The molecule has 1 fully saturated rings. The van der Waals surface area contributed by atoms with Crippen LogP contribution in [0.25, 0.3) is 5.65 Å². The van der Waals surface area contributed by atoms with E-state index in [1.54, 1.807) is 0 Å². The first-order chi connectivity index (χ1) is 10.5. The number of pyridine rings is 1. The third-order valence-electron chi connectivity index (χ3n) is 4.02. The van der Waals surface area contributed by atoms with E-state index in [1.165, 1.54) is 0 Å². The Bertz CT molecular complexity index is 718. The van der Waals surface area contributed by atoms with E-state index in [0.29, 0.717) is 5.69 Å². The second-order valence-electron chi connectivity index (χ2n) is 5.81. The Morgan fingerprint density at radius 1 is 1.27 bits per heavy atom. The number of hydrazine groups is 1. The fraction of sp³-hybridized carbons (Fsp3) is 0.467. The first-order valence-corrected chi connectivity index (χ1v) is 8.14. The van der Waals surface area contributed by atoms with Crippen molar-refractivity contribution >= 4 is 27.5 Å². The van der Waals surface area contributed by atoms with E-state index in [-0.39, 0.29) is 5.91 Å². The Morgan fingerprint density at radius 2 is 1.95 bits per heavy atom. The van der Waals surface area contributed by atoms with E-state index >= 15 is 0 Å². The number of imidazole rings is 1. The standard InChI is InChI=1S/C15H20BrN5O/c1-10-8-12(16)9-21-13(11(2)17-14(10)21)15(22)18-20-6-4-19(3)5-7-20/h8-9H,4-7H2,1-3H3,(H,18,22). The lowest BCUT2D eigenvalue weighted by Crippen LogP contribution is -2.52. The Hall–Kier alpha value is -1.44. The number of hydrogen-bond donors (Lipinski definition) is 1. The number of aryl methyl sites for hydroxylation is 2. The molecule has 0 saturated carbocycles. The van der Waals surface area contributed by atoms with Crippen molar-refractivity contribution in [2.75, 3.05) is 33.2 Å². The Morgan fingerprint density at radius 3 is 2.64 bits per heavy atom. The van der Waals surface area contributed by atoms with Gasteiger partial charge in [-0.05, 0) is 48.5 Å². The van der Waals surface area contributed by atoms with Gasteiger partial charge in [-0.2, -0.15) is 0 Å². The van der Waals surface area contributed by atoms with E-state index < -0.39 is 0 Å². The topological polar surface area (TPSA) is 52.9 Å². The summed E-state index contributed by atoms with van der Waals surface area (Å²) in [4.78, 5) is 19.5. The van der Waals surface area contributed by atoms with Gasteiger partial charge in [-0.15, -0.1) is 0 Å². The summed E-state index contributed by atoms with van der Waals surface area (Å²) in [5, 5.41) is 1.98. The average molecular weight is 366 g/mol. The third kappa shape index (κ3) is 2.88. The van der Waals surface area contributed by atoms with E-state index in [2.05, 4.69) is 38.3 Å². The number of aromatic nitrogens is 2. The summed E-state index contributed by atoms with van der Waals surface area (Å²) in [5.74, 6) is -0.105. The van der Waals surface area contributed by atoms with Crippen molar-refractivity contribution in [1.82, 2.24) is 24.7 Å². The lowest BCUT2D eigenvalue weighted by molar-refractivity contribution is 0.0656. The number of nitrogens with zero attached hydrogens (tertiary/aromatic N) is 4. The van der Waals surface area contributed by atoms with Crippen molar-refractivity contribution in [3.05, 3.63) is 33.7 Å². The molecule has 7 heteroatoms. The van der Waals surface area contributed by atoms with E-state index in [9.17, 15) is 4.79 Å². The number of likely N-dealkylation sites (N-methyl/N-ethyl adjacent to an activating group) is 1. The molecule has 0 bridgehead atoms. The molecule has 1 aliphatic rings. The van der Waals surface area contributed by atoms with Crippen molar-refractivity contribution in [2.45, 2.75) is 13.8 Å². The SMILES string of the molecule is Cc1nc2c(C)cc(Br)cn2c1C(=O)NN1CCN(C)CC1. The number of piperazine rings is 1. The van der Waals surface area contributed by atoms with Crippen molar-refractivity contribution in [1.29, 1.82) is 0 Å². The normalized spacial score (nSPS) is 17.1. The Labute approximate surface area is 138 Å². The van der Waals surface area contributed by atoms with Gasteiger partial charge in [-0.25, -0.2) is 9.99 Å². The Kier molecular flexibility index (Phi) is 4.20. The molecule has 0 radical (unpaired) electrons. The number of carbonyl (C=O) groups is 1. The minimum atomic E-state index is -0.105. The van der Waals surface area contributed by atoms with Crippen LogP contribution in [0.4, 0.5) is 0 Å². The quantitative estimate of drug-likeness (QED) is 0.878. The molecule has 1 aliphatic heterocycles. The molecular formula is C15H20BrN5O. The number of hydrogen-bond acceptors (Lipinski definition) is 4. The fourth-order valence-electron chi connectivity index (χ4n) is 2.77. The molecule has 0 aromatic carbocycles. The van der Waals surface area contributed by atoms with Gasteiger partial charge in [0.25, 0.3) is 5.91 Å². The fourth-order valence-corrected chi connectivity index (χ4v) is 3.32. The molecule has 1 saturated heterocycles. The summed E-state index contributed by atoms with van der Waals surface area (Å²) in [6.45, 7) is 7.45. The van der Waals surface area contributed by atoms with Gasteiger partial charge in [0, 0.05) is 36.8 Å². The summed E-state index contributed by atoms with van der Waals surface area (Å²) in [7, 11) is 2.09. The van der Waals surface area contributed by atoms with Crippen LogP contribution in [0.15, 0.2) is 16.7 Å². The first-order valence-electron chi connectivity index (χ1n) is 7.35. The first kappa shape index (κ1) is 15.5. The third-order valence-corrected chi connectivity index (χ3v) is 4.46. The number of carbonyl (C=O) groups excluding carboxylic acids is 1. The minimum Gasteiger partial charge on any atom is -0.304 e. The van der Waals surface area contributed by atoms with Crippen LogP contribution in [0.3, 0.4) is 0 Å². The number of amides is 1. The maximum Gasteiger partial charge on any atom is 0.284 e. The summed E-state index contributed by atoms with van der Waals surface area (Å²) in [6, 6.07) is 2.00. The molecule has 0 aliphatic carbocycles. The van der Waals surface area contributed by atoms with Crippen molar-refractivity contribution in [3.63, 3.8) is 0 Å². The maximum absolute atomic E-state index is 12.7. The zero-order valence-corrected chi connectivity index (χ0v) is 14.6. The number of rotatable bonds is 2. The molecular weight excluding hydrogens is 346 g/mol. The van der Waals surface area contributed by atoms with Crippen LogP contribution in [0.1, 0.15) is 21.7 Å². The highest BCUT2D eigenvalue weighted by molar-refractivity contribution is 9.10. The van der Waals surface area contributed by atoms with E-state index in [0.717, 1.165) is 47.6 Å². The zero-order chi connectivity index (χ0) is 15.9. The maximum atomic E-state index is 12.7. The molecule has 0 atom stereocenters. The Balaban J connectivity index is 1.89. The molecule has 6 nitrogen and oxygen atoms in total. The number of halogens is 1. The van der Waals surface area contributed by atoms with Gasteiger partial charge in [0.1, 0.15) is 11.3 Å². The van der Waals surface area contributed by atoms with Crippen molar-refractivity contribution in [3.8, 4) is 0 Å². The predicted molar refractivity (Wildman–Crippen MR) is 88.9 cm³/mol. The molecule has 2 aromatic rings. The molecule has 0 unspecified atom stereocenters. The zero-order valence-electron chi connectivity index (χ0n) is 13.1. The van der Waals surface area contributed by atoms with Crippen molar-refractivity contribution in [2.24, 2.45) is 0 Å². The molecule has 22 heavy (non-hydrogen) atoms. The lowest BCUT2D eigenvalue weighted by Gasteiger charge is -2.32. The molecule has 3 heterocycles. The highest BCUT2D eigenvalue weighted by Gasteiger charge is 2.21. The van der Waals surface area contributed by atoms with Crippen molar-refractivity contribution < 1.29 is 4.79 Å². The highest BCUT2D eigenvalue weighted by Crippen LogP contribution is 2.20. The predicted octanol–water partition coefficient (Wildman–Crippen LogP) is 1.61. The molecule has 3 rings (SSSR count). The van der Waals surface area contributed by atoms with Crippen LogP contribution in [0.2, 0.25) is 0 Å². The number of nitrogens with one attached hydrogen (secondary N) is 1. The monoisotopic (exact) mass is 365 g/mol. The average Bonchev–Trinajstić information content (AvgIpc) is 2.78. The molecule has 118 valence electrons. The van der Waals surface area contributed by atoms with Crippen LogP contribution in [-0.2, 0) is 0 Å². The van der Waals surface area contributed by atoms with Gasteiger partial charge in [0.05, 0.1) is 5.69 Å². The molecule has 1 N–H and O–H groups in total. The highest BCUT2D eigenvalue weighted by atomic mass is 79.9. The smallest absolute Gasteiger partial charge is 0.284 e. The van der Waals surface area contributed by atoms with Crippen LogP contribution in [0, 0.1) is 13.8 Å². The molecule has 1 amide bonds.